The number of anilines is 1. The summed E-state index contributed by atoms with van der Waals surface area (Å²) < 4.78 is 5.44. The fraction of sp³-hybridized carbons (Fsp3) is 0.706. The Morgan fingerprint density at radius 1 is 1.29 bits per heavy atom. The number of ether oxygens (including phenoxy) is 1. The van der Waals surface area contributed by atoms with Gasteiger partial charge >= 0.3 is 0 Å². The molecule has 0 saturated carbocycles. The molecule has 4 nitrogen and oxygen atoms in total. The van der Waals surface area contributed by atoms with E-state index in [0.717, 1.165) is 58.1 Å². The second kappa shape index (κ2) is 8.35. The number of hydrogen-bond acceptors (Lipinski definition) is 4. The van der Waals surface area contributed by atoms with Gasteiger partial charge in [0.25, 0.3) is 0 Å². The van der Waals surface area contributed by atoms with Gasteiger partial charge < -0.3 is 15.0 Å². The molecular formula is C17H29N3O. The lowest BCUT2D eigenvalue weighted by atomic mass is 10.1. The molecule has 0 spiro atoms. The number of aryl methyl sites for hydroxylation is 1. The second-order valence-corrected chi connectivity index (χ2v) is 6.20. The molecule has 1 saturated heterocycles. The Hall–Kier alpha value is -1.13. The summed E-state index contributed by atoms with van der Waals surface area (Å²) in [5.74, 6) is 1.80. The maximum Gasteiger partial charge on any atom is 0.129 e. The first-order chi connectivity index (χ1) is 10.2. The first-order valence-electron chi connectivity index (χ1n) is 8.22. The third-order valence-electron chi connectivity index (χ3n) is 3.65. The monoisotopic (exact) mass is 291 g/mol. The van der Waals surface area contributed by atoms with Gasteiger partial charge in [-0.1, -0.05) is 27.2 Å². The number of morpholine rings is 1. The molecule has 2 rings (SSSR count). The van der Waals surface area contributed by atoms with Crippen LogP contribution < -0.4 is 10.2 Å². The Bertz CT molecular complexity index is 428. The molecule has 118 valence electrons. The van der Waals surface area contributed by atoms with Gasteiger partial charge in [-0.15, -0.1) is 0 Å². The quantitative estimate of drug-likeness (QED) is 0.838. The van der Waals surface area contributed by atoms with Gasteiger partial charge in [0.15, 0.2) is 0 Å². The Morgan fingerprint density at radius 2 is 2.05 bits per heavy atom. The van der Waals surface area contributed by atoms with Crippen molar-refractivity contribution >= 4 is 5.82 Å². The molecule has 0 amide bonds. The number of nitrogens with one attached hydrogen (secondary N) is 1. The summed E-state index contributed by atoms with van der Waals surface area (Å²) in [6.07, 6.45) is 2.19. The third kappa shape index (κ3) is 5.29. The molecule has 2 heterocycles. The van der Waals surface area contributed by atoms with Crippen LogP contribution in [0.25, 0.3) is 0 Å². The molecule has 0 aliphatic carbocycles. The largest absolute Gasteiger partial charge is 0.378 e. The highest BCUT2D eigenvalue weighted by Gasteiger charge is 2.14. The number of hydrogen-bond donors (Lipinski definition) is 1. The molecule has 1 fully saturated rings. The molecule has 0 atom stereocenters. The van der Waals surface area contributed by atoms with E-state index in [4.69, 9.17) is 9.72 Å². The smallest absolute Gasteiger partial charge is 0.129 e. The van der Waals surface area contributed by atoms with E-state index in [1.165, 1.54) is 11.3 Å². The topological polar surface area (TPSA) is 37.4 Å². The fourth-order valence-corrected chi connectivity index (χ4v) is 2.58. The highest BCUT2D eigenvalue weighted by molar-refractivity contribution is 5.43. The molecule has 1 aromatic rings. The van der Waals surface area contributed by atoms with Crippen LogP contribution in [0.15, 0.2) is 12.1 Å². The van der Waals surface area contributed by atoms with E-state index in [1.807, 2.05) is 0 Å². The van der Waals surface area contributed by atoms with Gasteiger partial charge in [-0.05, 0) is 36.6 Å². The summed E-state index contributed by atoms with van der Waals surface area (Å²) in [5, 5.41) is 3.53. The molecule has 0 bridgehead atoms. The van der Waals surface area contributed by atoms with Crippen molar-refractivity contribution in [3.05, 3.63) is 23.4 Å². The van der Waals surface area contributed by atoms with Crippen molar-refractivity contribution in [2.75, 3.05) is 37.7 Å². The van der Waals surface area contributed by atoms with Crippen LogP contribution in [0.2, 0.25) is 0 Å². The maximum atomic E-state index is 5.44. The molecule has 21 heavy (non-hydrogen) atoms. The molecule has 1 aromatic heterocycles. The zero-order valence-corrected chi connectivity index (χ0v) is 13.7. The summed E-state index contributed by atoms with van der Waals surface area (Å²) in [6, 6.07) is 4.48. The molecular weight excluding hydrogens is 262 g/mol. The number of pyridine rings is 1. The lowest BCUT2D eigenvalue weighted by Gasteiger charge is -2.28. The van der Waals surface area contributed by atoms with Gasteiger partial charge in [0, 0.05) is 25.3 Å². The van der Waals surface area contributed by atoms with Crippen LogP contribution in [0.3, 0.4) is 0 Å². The van der Waals surface area contributed by atoms with E-state index in [0.29, 0.717) is 5.92 Å². The van der Waals surface area contributed by atoms with E-state index in [2.05, 4.69) is 43.1 Å². The molecule has 1 aliphatic rings. The SMILES string of the molecule is CCCc1cc(CNCC(C)C)cc(N2CCOCC2)n1. The minimum atomic E-state index is 0.681. The van der Waals surface area contributed by atoms with E-state index in [1.54, 1.807) is 0 Å². The third-order valence-corrected chi connectivity index (χ3v) is 3.65. The van der Waals surface area contributed by atoms with Crippen LogP contribution >= 0.6 is 0 Å². The average Bonchev–Trinajstić information content (AvgIpc) is 2.48. The Balaban J connectivity index is 2.09. The number of nitrogens with zero attached hydrogens (tertiary/aromatic N) is 2. The predicted molar refractivity (Wildman–Crippen MR) is 87.8 cm³/mol. The maximum absolute atomic E-state index is 5.44. The number of aromatic nitrogens is 1. The molecule has 0 unspecified atom stereocenters. The van der Waals surface area contributed by atoms with Crippen LogP contribution in [-0.2, 0) is 17.7 Å². The predicted octanol–water partition coefficient (Wildman–Crippen LogP) is 2.62. The summed E-state index contributed by atoms with van der Waals surface area (Å²) >= 11 is 0. The van der Waals surface area contributed by atoms with Crippen LogP contribution in [-0.4, -0.2) is 37.8 Å². The molecule has 1 N–H and O–H groups in total. The Kier molecular flexibility index (Phi) is 6.46. The lowest BCUT2D eigenvalue weighted by Crippen LogP contribution is -2.37. The van der Waals surface area contributed by atoms with Gasteiger partial charge in [0.1, 0.15) is 5.82 Å². The average molecular weight is 291 g/mol. The standard InChI is InChI=1S/C17H29N3O/c1-4-5-16-10-15(13-18-12-14(2)3)11-17(19-16)20-6-8-21-9-7-20/h10-11,14,18H,4-9,12-13H2,1-3H3. The minimum Gasteiger partial charge on any atom is -0.378 e. The van der Waals surface area contributed by atoms with E-state index in [9.17, 15) is 0 Å². The highest BCUT2D eigenvalue weighted by Crippen LogP contribution is 2.17. The zero-order valence-electron chi connectivity index (χ0n) is 13.7. The Labute approximate surface area is 128 Å². The molecule has 1 aliphatic heterocycles. The van der Waals surface area contributed by atoms with Crippen molar-refractivity contribution in [2.45, 2.75) is 40.2 Å². The summed E-state index contributed by atoms with van der Waals surface area (Å²) in [6.45, 7) is 12.2. The van der Waals surface area contributed by atoms with Crippen molar-refractivity contribution in [1.82, 2.24) is 10.3 Å². The van der Waals surface area contributed by atoms with Crippen molar-refractivity contribution < 1.29 is 4.74 Å². The van der Waals surface area contributed by atoms with Gasteiger partial charge in [0.2, 0.25) is 0 Å². The highest BCUT2D eigenvalue weighted by atomic mass is 16.5. The zero-order chi connectivity index (χ0) is 15.1. The van der Waals surface area contributed by atoms with Crippen molar-refractivity contribution in [3.63, 3.8) is 0 Å². The van der Waals surface area contributed by atoms with Crippen LogP contribution in [0.4, 0.5) is 5.82 Å². The van der Waals surface area contributed by atoms with E-state index < -0.39 is 0 Å². The lowest BCUT2D eigenvalue weighted by molar-refractivity contribution is 0.122. The van der Waals surface area contributed by atoms with Gasteiger partial charge in [-0.25, -0.2) is 4.98 Å². The summed E-state index contributed by atoms with van der Waals surface area (Å²) in [4.78, 5) is 7.17. The van der Waals surface area contributed by atoms with Crippen molar-refractivity contribution in [2.24, 2.45) is 5.92 Å². The molecule has 0 aromatic carbocycles. The molecule has 0 radical (unpaired) electrons. The first kappa shape index (κ1) is 16.2. The van der Waals surface area contributed by atoms with Gasteiger partial charge in [0.05, 0.1) is 13.2 Å². The van der Waals surface area contributed by atoms with Crippen LogP contribution in [0, 0.1) is 5.92 Å². The number of rotatable bonds is 7. The van der Waals surface area contributed by atoms with Gasteiger partial charge in [-0.3, -0.25) is 0 Å². The van der Waals surface area contributed by atoms with Gasteiger partial charge in [-0.2, -0.15) is 0 Å². The van der Waals surface area contributed by atoms with Crippen LogP contribution in [0.1, 0.15) is 38.4 Å². The Morgan fingerprint density at radius 3 is 2.71 bits per heavy atom. The first-order valence-corrected chi connectivity index (χ1v) is 8.22. The van der Waals surface area contributed by atoms with Crippen molar-refractivity contribution in [3.8, 4) is 0 Å². The second-order valence-electron chi connectivity index (χ2n) is 6.20. The fourth-order valence-electron chi connectivity index (χ4n) is 2.58. The normalized spacial score (nSPS) is 15.7. The van der Waals surface area contributed by atoms with E-state index >= 15 is 0 Å². The minimum absolute atomic E-state index is 0.681. The molecule has 4 heteroatoms. The van der Waals surface area contributed by atoms with Crippen LogP contribution in [0.5, 0.6) is 0 Å². The van der Waals surface area contributed by atoms with E-state index in [-0.39, 0.29) is 0 Å². The van der Waals surface area contributed by atoms with Crippen molar-refractivity contribution in [1.29, 1.82) is 0 Å². The summed E-state index contributed by atoms with van der Waals surface area (Å²) in [7, 11) is 0. The summed E-state index contributed by atoms with van der Waals surface area (Å²) in [5.41, 5.74) is 2.55.